The topological polar surface area (TPSA) is 192 Å². The van der Waals surface area contributed by atoms with Crippen molar-refractivity contribution in [3.63, 3.8) is 0 Å². The van der Waals surface area contributed by atoms with Gasteiger partial charge in [0.15, 0.2) is 18.0 Å². The van der Waals surface area contributed by atoms with Gasteiger partial charge in [-0.2, -0.15) is 10.2 Å². The molecule has 16 heteroatoms. The Balaban J connectivity index is 1.71. The molecule has 2 aromatic heterocycles. The average Bonchev–Trinajstić information content (AvgIpc) is 3.57. The normalized spacial score (nSPS) is 23.1. The Morgan fingerprint density at radius 1 is 1.07 bits per heavy atom. The number of carbonyl (C=O) groups excluding carboxylic acids is 3. The highest BCUT2D eigenvalue weighted by molar-refractivity contribution is 7.52. The molecule has 1 saturated heterocycles. The van der Waals surface area contributed by atoms with Gasteiger partial charge >= 0.3 is 25.7 Å². The van der Waals surface area contributed by atoms with Crippen molar-refractivity contribution in [2.24, 2.45) is 0 Å². The van der Waals surface area contributed by atoms with Crippen molar-refractivity contribution in [2.45, 2.75) is 90.4 Å². The lowest BCUT2D eigenvalue weighted by atomic mass is 9.92. The van der Waals surface area contributed by atoms with Gasteiger partial charge < -0.3 is 29.2 Å². The molecule has 0 unspecified atom stereocenters. The fourth-order valence-electron chi connectivity index (χ4n) is 4.90. The van der Waals surface area contributed by atoms with Crippen LogP contribution in [0.4, 0.5) is 5.82 Å². The van der Waals surface area contributed by atoms with Gasteiger partial charge in [-0.3, -0.25) is 18.9 Å². The van der Waals surface area contributed by atoms with Crippen molar-refractivity contribution in [1.82, 2.24) is 19.7 Å². The molecule has 0 aliphatic carbocycles. The predicted octanol–water partition coefficient (Wildman–Crippen LogP) is 3.70. The van der Waals surface area contributed by atoms with Crippen LogP contribution in [0.5, 0.6) is 5.75 Å². The Bertz CT molecular complexity index is 1580. The van der Waals surface area contributed by atoms with E-state index in [0.29, 0.717) is 11.2 Å². The van der Waals surface area contributed by atoms with Gasteiger partial charge in [0.1, 0.15) is 35.3 Å². The van der Waals surface area contributed by atoms with Crippen LogP contribution in [0.3, 0.4) is 0 Å². The first-order valence-corrected chi connectivity index (χ1v) is 16.5. The number of aromatic nitrogens is 3. The number of esters is 3. The van der Waals surface area contributed by atoms with Gasteiger partial charge in [-0.1, -0.05) is 32.0 Å². The van der Waals surface area contributed by atoms with Crippen LogP contribution in [0.1, 0.15) is 60.1 Å². The zero-order chi connectivity index (χ0) is 33.6. The van der Waals surface area contributed by atoms with Crippen molar-refractivity contribution >= 4 is 37.0 Å². The van der Waals surface area contributed by atoms with E-state index in [1.54, 1.807) is 77.1 Å². The van der Waals surface area contributed by atoms with E-state index < -0.39 is 68.3 Å². The van der Waals surface area contributed by atoms with Gasteiger partial charge in [0.05, 0.1) is 18.4 Å². The number of rotatable bonds is 14. The molecule has 3 heterocycles. The van der Waals surface area contributed by atoms with Gasteiger partial charge in [0, 0.05) is 12.8 Å². The molecule has 15 nitrogen and oxygen atoms in total. The van der Waals surface area contributed by atoms with Crippen LogP contribution in [0, 0.1) is 0 Å². The maximum Gasteiger partial charge on any atom is 0.459 e. The minimum atomic E-state index is -4.34. The van der Waals surface area contributed by atoms with Crippen LogP contribution in [0.2, 0.25) is 0 Å². The predicted molar refractivity (Wildman–Crippen MR) is 164 cm³/mol. The molecule has 46 heavy (non-hydrogen) atoms. The van der Waals surface area contributed by atoms with Gasteiger partial charge in [-0.05, 0) is 52.0 Å². The lowest BCUT2D eigenvalue weighted by Crippen LogP contribution is -2.45. The molecule has 1 aromatic carbocycles. The average molecular weight is 662 g/mol. The molecule has 1 aliphatic rings. The smallest absolute Gasteiger partial charge is 0.459 e. The molecule has 1 aliphatic heterocycles. The largest absolute Gasteiger partial charge is 0.462 e. The molecule has 0 spiro atoms. The third-order valence-electron chi connectivity index (χ3n) is 7.13. The number of nitrogens with one attached hydrogen (secondary N) is 1. The second-order valence-electron chi connectivity index (χ2n) is 11.0. The van der Waals surface area contributed by atoms with Gasteiger partial charge in [-0.25, -0.2) is 14.1 Å². The second-order valence-corrected chi connectivity index (χ2v) is 12.7. The highest BCUT2D eigenvalue weighted by Gasteiger charge is 2.59. The van der Waals surface area contributed by atoms with Crippen LogP contribution < -0.4 is 15.3 Å². The Morgan fingerprint density at radius 3 is 2.39 bits per heavy atom. The summed E-state index contributed by atoms with van der Waals surface area (Å²) in [6, 6.07) is 10.5. The van der Waals surface area contributed by atoms with Crippen molar-refractivity contribution in [2.75, 3.05) is 12.3 Å². The number of benzene rings is 1. The number of anilines is 1. The van der Waals surface area contributed by atoms with Crippen LogP contribution in [-0.2, 0) is 48.0 Å². The van der Waals surface area contributed by atoms with Crippen molar-refractivity contribution in [3.05, 3.63) is 54.5 Å². The van der Waals surface area contributed by atoms with Gasteiger partial charge in [0.25, 0.3) is 0 Å². The van der Waals surface area contributed by atoms with Crippen LogP contribution in [0.15, 0.2) is 48.8 Å². The lowest BCUT2D eigenvalue weighted by Gasteiger charge is -2.31. The molecule has 0 radical (unpaired) electrons. The first-order valence-electron chi connectivity index (χ1n) is 14.9. The monoisotopic (exact) mass is 661 g/mol. The van der Waals surface area contributed by atoms with E-state index in [1.165, 1.54) is 17.8 Å². The third kappa shape index (κ3) is 7.84. The summed E-state index contributed by atoms with van der Waals surface area (Å²) in [5.41, 5.74) is 5.47. The number of hydrogen-bond donors (Lipinski definition) is 2. The van der Waals surface area contributed by atoms with Crippen LogP contribution in [-0.4, -0.2) is 69.6 Å². The Morgan fingerprint density at radius 2 is 1.74 bits per heavy atom. The van der Waals surface area contributed by atoms with Crippen molar-refractivity contribution in [1.29, 1.82) is 0 Å². The summed E-state index contributed by atoms with van der Waals surface area (Å²) in [5.74, 6) is -1.46. The van der Waals surface area contributed by atoms with E-state index in [9.17, 15) is 18.9 Å². The van der Waals surface area contributed by atoms with E-state index >= 15 is 0 Å². The summed E-state index contributed by atoms with van der Waals surface area (Å²) in [7, 11) is -4.34. The van der Waals surface area contributed by atoms with E-state index in [2.05, 4.69) is 15.2 Å². The quantitative estimate of drug-likeness (QED) is 0.144. The maximum atomic E-state index is 14.2. The summed E-state index contributed by atoms with van der Waals surface area (Å²) in [6.07, 6.45) is -2.67. The molecule has 0 amide bonds. The molecular weight excluding hydrogens is 621 g/mol. The van der Waals surface area contributed by atoms with Crippen molar-refractivity contribution < 1.29 is 46.9 Å². The highest BCUT2D eigenvalue weighted by Crippen LogP contribution is 2.48. The summed E-state index contributed by atoms with van der Waals surface area (Å²) < 4.78 is 50.7. The van der Waals surface area contributed by atoms with Gasteiger partial charge in [-0.15, -0.1) is 0 Å². The SMILES string of the molecule is CCC(=O)O[C@H]1[C@@H](OC(=O)CC)[C@](C)(c2ccc3c(N)ncnn23)O[C@@H]1CO[P@@](=O)(N[C@@H](C)C(=O)OC(C)C)Oc1ccccc1. The number of nitrogens with two attached hydrogens (primary N) is 1. The van der Waals surface area contributed by atoms with Gasteiger partial charge in [0.2, 0.25) is 0 Å². The number of ether oxygens (including phenoxy) is 4. The van der Waals surface area contributed by atoms with Crippen molar-refractivity contribution in [3.8, 4) is 5.75 Å². The summed E-state index contributed by atoms with van der Waals surface area (Å²) in [4.78, 5) is 42.0. The van der Waals surface area contributed by atoms with Crippen LogP contribution >= 0.6 is 7.75 Å². The Hall–Kier alpha value is -4.04. The number of para-hydroxylation sites is 1. The zero-order valence-electron chi connectivity index (χ0n) is 26.6. The zero-order valence-corrected chi connectivity index (χ0v) is 27.5. The first kappa shape index (κ1) is 34.8. The maximum absolute atomic E-state index is 14.2. The minimum Gasteiger partial charge on any atom is -0.462 e. The number of nitrogens with zero attached hydrogens (tertiary/aromatic N) is 3. The van der Waals surface area contributed by atoms with E-state index in [1.807, 2.05) is 0 Å². The summed E-state index contributed by atoms with van der Waals surface area (Å²) in [5, 5.41) is 6.92. The standard InChI is InChI=1S/C30H40N5O10P/c1-7-24(36)42-26-22(16-40-46(39,45-20-12-10-9-11-13-20)34-19(5)29(38)41-18(3)4)44-30(6,27(26)43-25(37)8-2)23-15-14-21-28(31)32-17-33-35(21)23/h9-15,17-19,22,26-27H,7-8,16H2,1-6H3,(H,34,39)(H2,31,32,33)/t19-,22+,26+,27+,30-,46-/m0/s1. The fourth-order valence-corrected chi connectivity index (χ4v) is 6.41. The molecule has 3 aromatic rings. The van der Waals surface area contributed by atoms with E-state index in [4.69, 9.17) is 33.7 Å². The molecule has 0 bridgehead atoms. The van der Waals surface area contributed by atoms with E-state index in [0.717, 1.165) is 0 Å². The second kappa shape index (κ2) is 14.6. The highest BCUT2D eigenvalue weighted by atomic mass is 31.2. The third-order valence-corrected chi connectivity index (χ3v) is 8.78. The number of nitrogen functional groups attached to an aromatic ring is 1. The Labute approximate surface area is 266 Å². The number of carbonyl (C=O) groups is 3. The lowest BCUT2D eigenvalue weighted by molar-refractivity contribution is -0.170. The van der Waals surface area contributed by atoms with E-state index in [-0.39, 0.29) is 24.4 Å². The molecule has 6 atom stereocenters. The minimum absolute atomic E-state index is 0.0136. The summed E-state index contributed by atoms with van der Waals surface area (Å²) in [6.45, 7) is 9.22. The molecule has 0 saturated carbocycles. The molecule has 250 valence electrons. The fraction of sp³-hybridized carbons (Fsp3) is 0.500. The Kier molecular flexibility index (Phi) is 11.0. The summed E-state index contributed by atoms with van der Waals surface area (Å²) >= 11 is 0. The van der Waals surface area contributed by atoms with Crippen LogP contribution in [0.25, 0.3) is 5.52 Å². The molecule has 3 N–H and O–H groups in total. The first-order chi connectivity index (χ1) is 21.8. The number of hydrogen-bond acceptors (Lipinski definition) is 13. The molecule has 1 fully saturated rings. The number of fused-ring (bicyclic) bond motifs is 1. The molecular formula is C30H40N5O10P. The molecule has 4 rings (SSSR count).